The van der Waals surface area contributed by atoms with E-state index in [1.54, 1.807) is 20.8 Å². The summed E-state index contributed by atoms with van der Waals surface area (Å²) in [6.45, 7) is 7.37. The number of carbonyl (C=O) groups excluding carboxylic acids is 1. The highest BCUT2D eigenvalue weighted by molar-refractivity contribution is 7.13. The predicted molar refractivity (Wildman–Crippen MR) is 95.0 cm³/mol. The summed E-state index contributed by atoms with van der Waals surface area (Å²) in [5.74, 6) is -1.37. The Hall–Kier alpha value is -2.21. The summed E-state index contributed by atoms with van der Waals surface area (Å²) in [5.41, 5.74) is 2.27. The van der Waals surface area contributed by atoms with E-state index in [0.717, 1.165) is 10.6 Å². The van der Waals surface area contributed by atoms with Crippen LogP contribution in [0.25, 0.3) is 10.6 Å². The summed E-state index contributed by atoms with van der Waals surface area (Å²) >= 11 is 1.47. The number of aryl methyl sites for hydroxylation is 1. The van der Waals surface area contributed by atoms with Crippen LogP contribution in [0.5, 0.6) is 0 Å². The second-order valence-corrected chi connectivity index (χ2v) is 7.75. The van der Waals surface area contributed by atoms with Crippen LogP contribution in [0.2, 0.25) is 0 Å². The number of carbonyl (C=O) groups is 2. The van der Waals surface area contributed by atoms with Gasteiger partial charge >= 0.3 is 5.97 Å². The molecule has 1 unspecified atom stereocenters. The van der Waals surface area contributed by atoms with Gasteiger partial charge in [-0.2, -0.15) is 0 Å². The van der Waals surface area contributed by atoms with Crippen LogP contribution < -0.4 is 5.32 Å². The Morgan fingerprint density at radius 2 is 1.88 bits per heavy atom. The van der Waals surface area contributed by atoms with Crippen molar-refractivity contribution in [2.24, 2.45) is 5.41 Å². The number of benzene rings is 1. The third kappa shape index (κ3) is 4.64. The van der Waals surface area contributed by atoms with Crippen LogP contribution in [-0.2, 0) is 16.0 Å². The zero-order chi connectivity index (χ0) is 17.9. The van der Waals surface area contributed by atoms with E-state index in [0.29, 0.717) is 5.69 Å². The number of hydrogen-bond donors (Lipinski definition) is 2. The fraction of sp³-hybridized carbons (Fsp3) is 0.389. The number of nitrogens with one attached hydrogen (secondary N) is 1. The van der Waals surface area contributed by atoms with E-state index < -0.39 is 17.4 Å². The van der Waals surface area contributed by atoms with E-state index in [1.165, 1.54) is 16.9 Å². The van der Waals surface area contributed by atoms with Crippen molar-refractivity contribution in [1.82, 2.24) is 10.3 Å². The first-order valence-electron chi connectivity index (χ1n) is 7.70. The number of nitrogens with zero attached hydrogens (tertiary/aromatic N) is 1. The summed E-state index contributed by atoms with van der Waals surface area (Å²) in [5, 5.41) is 14.5. The number of carboxylic acid groups (broad SMARTS) is 1. The zero-order valence-electron chi connectivity index (χ0n) is 14.3. The lowest BCUT2D eigenvalue weighted by atomic mass is 9.86. The topological polar surface area (TPSA) is 79.3 Å². The smallest absolute Gasteiger partial charge is 0.326 e. The van der Waals surface area contributed by atoms with Gasteiger partial charge in [0.15, 0.2) is 0 Å². The van der Waals surface area contributed by atoms with Gasteiger partial charge in [-0.3, -0.25) is 4.79 Å². The van der Waals surface area contributed by atoms with Gasteiger partial charge in [0.2, 0.25) is 5.91 Å². The molecule has 6 heteroatoms. The maximum Gasteiger partial charge on any atom is 0.326 e. The second kappa shape index (κ2) is 7.13. The van der Waals surface area contributed by atoms with Crippen molar-refractivity contribution >= 4 is 23.2 Å². The fourth-order valence-electron chi connectivity index (χ4n) is 2.24. The van der Waals surface area contributed by atoms with Crippen LogP contribution in [0.3, 0.4) is 0 Å². The molecule has 0 bridgehead atoms. The molecule has 1 atom stereocenters. The van der Waals surface area contributed by atoms with E-state index in [2.05, 4.69) is 10.3 Å². The molecule has 0 radical (unpaired) electrons. The largest absolute Gasteiger partial charge is 0.480 e. The van der Waals surface area contributed by atoms with Gasteiger partial charge in [-0.25, -0.2) is 9.78 Å². The van der Waals surface area contributed by atoms with Crippen LogP contribution in [-0.4, -0.2) is 28.0 Å². The van der Waals surface area contributed by atoms with Crippen LogP contribution in [0.4, 0.5) is 0 Å². The quantitative estimate of drug-likeness (QED) is 0.871. The molecule has 0 fully saturated rings. The van der Waals surface area contributed by atoms with E-state index in [4.69, 9.17) is 0 Å². The molecule has 2 N–H and O–H groups in total. The molecule has 1 heterocycles. The number of aromatic nitrogens is 1. The SMILES string of the molecule is Cc1ccc(-c2nc(CC(=O)NC(C(=O)O)C(C)(C)C)cs2)cc1. The van der Waals surface area contributed by atoms with E-state index >= 15 is 0 Å². The van der Waals surface area contributed by atoms with Crippen LogP contribution in [0.15, 0.2) is 29.6 Å². The zero-order valence-corrected chi connectivity index (χ0v) is 15.1. The molecule has 2 aromatic rings. The van der Waals surface area contributed by atoms with Crippen molar-refractivity contribution in [3.63, 3.8) is 0 Å². The molecule has 1 amide bonds. The van der Waals surface area contributed by atoms with Gasteiger partial charge in [-0.05, 0) is 12.3 Å². The molecule has 128 valence electrons. The second-order valence-electron chi connectivity index (χ2n) is 6.89. The highest BCUT2D eigenvalue weighted by Crippen LogP contribution is 2.24. The minimum absolute atomic E-state index is 0.0716. The Bertz CT molecular complexity index is 729. The number of hydrogen-bond acceptors (Lipinski definition) is 4. The minimum atomic E-state index is -1.03. The number of carboxylic acids is 1. The number of thiazole rings is 1. The molecule has 0 aliphatic rings. The summed E-state index contributed by atoms with van der Waals surface area (Å²) < 4.78 is 0. The summed E-state index contributed by atoms with van der Waals surface area (Å²) in [6, 6.07) is 7.10. The molecule has 0 spiro atoms. The molecular weight excluding hydrogens is 324 g/mol. The highest BCUT2D eigenvalue weighted by Gasteiger charge is 2.32. The molecule has 5 nitrogen and oxygen atoms in total. The lowest BCUT2D eigenvalue weighted by Gasteiger charge is -2.27. The molecule has 24 heavy (non-hydrogen) atoms. The Morgan fingerprint density at radius 1 is 1.25 bits per heavy atom. The van der Waals surface area contributed by atoms with Crippen molar-refractivity contribution in [3.05, 3.63) is 40.9 Å². The summed E-state index contributed by atoms with van der Waals surface area (Å²) in [4.78, 5) is 28.0. The minimum Gasteiger partial charge on any atom is -0.480 e. The normalized spacial score (nSPS) is 12.7. The average molecular weight is 346 g/mol. The maximum absolute atomic E-state index is 12.2. The predicted octanol–water partition coefficient (Wildman–Crippen LogP) is 3.28. The van der Waals surface area contributed by atoms with Crippen LogP contribution in [0.1, 0.15) is 32.0 Å². The Morgan fingerprint density at radius 3 is 2.42 bits per heavy atom. The molecule has 0 saturated heterocycles. The van der Waals surface area contributed by atoms with Gasteiger partial charge in [0, 0.05) is 10.9 Å². The first-order valence-corrected chi connectivity index (χ1v) is 8.58. The van der Waals surface area contributed by atoms with Crippen molar-refractivity contribution < 1.29 is 14.7 Å². The summed E-state index contributed by atoms with van der Waals surface area (Å²) in [7, 11) is 0. The van der Waals surface area contributed by atoms with Crippen LogP contribution in [0, 0.1) is 12.3 Å². The Labute approximate surface area is 145 Å². The average Bonchev–Trinajstić information content (AvgIpc) is 2.92. The van der Waals surface area contributed by atoms with Crippen molar-refractivity contribution in [2.75, 3.05) is 0 Å². The van der Waals surface area contributed by atoms with Gasteiger partial charge in [-0.15, -0.1) is 11.3 Å². The van der Waals surface area contributed by atoms with Crippen molar-refractivity contribution in [2.45, 2.75) is 40.2 Å². The van der Waals surface area contributed by atoms with E-state index in [9.17, 15) is 14.7 Å². The van der Waals surface area contributed by atoms with Gasteiger partial charge in [0.1, 0.15) is 11.0 Å². The van der Waals surface area contributed by atoms with Gasteiger partial charge < -0.3 is 10.4 Å². The first kappa shape index (κ1) is 18.1. The molecule has 1 aromatic carbocycles. The lowest BCUT2D eigenvalue weighted by molar-refractivity contribution is -0.144. The number of rotatable bonds is 5. The molecule has 2 rings (SSSR count). The number of amides is 1. The molecule has 0 aliphatic carbocycles. The molecule has 0 saturated carbocycles. The first-order chi connectivity index (χ1) is 11.2. The van der Waals surface area contributed by atoms with Crippen molar-refractivity contribution in [1.29, 1.82) is 0 Å². The fourth-order valence-corrected chi connectivity index (χ4v) is 3.07. The van der Waals surface area contributed by atoms with Gasteiger partial charge in [0.05, 0.1) is 12.1 Å². The van der Waals surface area contributed by atoms with E-state index in [1.807, 2.05) is 36.6 Å². The third-order valence-corrected chi connectivity index (χ3v) is 4.55. The van der Waals surface area contributed by atoms with E-state index in [-0.39, 0.29) is 12.3 Å². The molecule has 0 aliphatic heterocycles. The lowest BCUT2D eigenvalue weighted by Crippen LogP contribution is -2.49. The number of aliphatic carboxylic acids is 1. The maximum atomic E-state index is 12.2. The Balaban J connectivity index is 2.05. The van der Waals surface area contributed by atoms with Gasteiger partial charge in [0.25, 0.3) is 0 Å². The highest BCUT2D eigenvalue weighted by atomic mass is 32.1. The van der Waals surface area contributed by atoms with Crippen LogP contribution >= 0.6 is 11.3 Å². The van der Waals surface area contributed by atoms with Crippen molar-refractivity contribution in [3.8, 4) is 10.6 Å². The van der Waals surface area contributed by atoms with Gasteiger partial charge in [-0.1, -0.05) is 50.6 Å². The third-order valence-electron chi connectivity index (χ3n) is 3.61. The Kier molecular flexibility index (Phi) is 5.39. The molecule has 1 aromatic heterocycles. The monoisotopic (exact) mass is 346 g/mol. The summed E-state index contributed by atoms with van der Waals surface area (Å²) in [6.07, 6.45) is 0.0716. The standard InChI is InChI=1S/C18H22N2O3S/c1-11-5-7-12(8-6-11)16-19-13(10-24-16)9-14(21)20-15(17(22)23)18(2,3)4/h5-8,10,15H,9H2,1-4H3,(H,20,21)(H,22,23). The molecular formula is C18H22N2O3S.